The molecule has 1 aliphatic rings. The zero-order valence-corrected chi connectivity index (χ0v) is 12.0. The van der Waals surface area contributed by atoms with Crippen LogP contribution < -0.4 is 5.73 Å². The SMILES string of the molecule is C#CCn1c(C2CCCCC2)nc(CCCC)c1N. The van der Waals surface area contributed by atoms with Crippen LogP contribution in [0, 0.1) is 12.3 Å². The van der Waals surface area contributed by atoms with E-state index in [-0.39, 0.29) is 0 Å². The summed E-state index contributed by atoms with van der Waals surface area (Å²) >= 11 is 0. The van der Waals surface area contributed by atoms with Crippen molar-refractivity contribution in [1.29, 1.82) is 0 Å². The van der Waals surface area contributed by atoms with Gasteiger partial charge in [-0.1, -0.05) is 38.5 Å². The normalized spacial score (nSPS) is 16.4. The van der Waals surface area contributed by atoms with E-state index in [4.69, 9.17) is 17.1 Å². The van der Waals surface area contributed by atoms with Gasteiger partial charge in [0.15, 0.2) is 0 Å². The van der Waals surface area contributed by atoms with Gasteiger partial charge in [-0.15, -0.1) is 6.42 Å². The van der Waals surface area contributed by atoms with Crippen LogP contribution >= 0.6 is 0 Å². The Bertz CT molecular complexity index is 447. The second-order valence-corrected chi connectivity index (χ2v) is 5.53. The van der Waals surface area contributed by atoms with E-state index >= 15 is 0 Å². The predicted octanol–water partition coefficient (Wildman–Crippen LogP) is 3.49. The standard InChI is InChI=1S/C16H25N3/c1-3-5-11-14-15(17)19(12-4-2)16(18-14)13-9-7-6-8-10-13/h2,13H,3,5-12,17H2,1H3. The Morgan fingerprint density at radius 3 is 2.74 bits per heavy atom. The fraction of sp³-hybridized carbons (Fsp3) is 0.688. The molecule has 104 valence electrons. The van der Waals surface area contributed by atoms with Crippen LogP contribution in [0.25, 0.3) is 0 Å². The maximum absolute atomic E-state index is 6.24. The Morgan fingerprint density at radius 1 is 1.37 bits per heavy atom. The Hall–Kier alpha value is -1.43. The van der Waals surface area contributed by atoms with Gasteiger partial charge in [-0.25, -0.2) is 4.98 Å². The number of nitrogen functional groups attached to an aromatic ring is 1. The van der Waals surface area contributed by atoms with Crippen molar-refractivity contribution < 1.29 is 0 Å². The molecule has 0 unspecified atom stereocenters. The first-order chi connectivity index (χ1) is 9.27. The van der Waals surface area contributed by atoms with Gasteiger partial charge in [0.25, 0.3) is 0 Å². The summed E-state index contributed by atoms with van der Waals surface area (Å²) in [6.45, 7) is 2.74. The van der Waals surface area contributed by atoms with Crippen LogP contribution in [0.15, 0.2) is 0 Å². The molecule has 0 saturated heterocycles. The lowest BCUT2D eigenvalue weighted by Crippen LogP contribution is -2.13. The number of hydrogen-bond donors (Lipinski definition) is 1. The molecule has 1 saturated carbocycles. The largest absolute Gasteiger partial charge is 0.384 e. The average Bonchev–Trinajstić information content (AvgIpc) is 2.75. The van der Waals surface area contributed by atoms with Crippen LogP contribution in [-0.2, 0) is 13.0 Å². The lowest BCUT2D eigenvalue weighted by atomic mass is 9.88. The Balaban J connectivity index is 2.26. The zero-order chi connectivity index (χ0) is 13.7. The van der Waals surface area contributed by atoms with Crippen LogP contribution in [0.5, 0.6) is 0 Å². The number of nitrogens with zero attached hydrogens (tertiary/aromatic N) is 2. The van der Waals surface area contributed by atoms with Gasteiger partial charge in [0, 0.05) is 5.92 Å². The topological polar surface area (TPSA) is 43.8 Å². The van der Waals surface area contributed by atoms with E-state index in [9.17, 15) is 0 Å². The lowest BCUT2D eigenvalue weighted by molar-refractivity contribution is 0.419. The summed E-state index contributed by atoms with van der Waals surface area (Å²) in [5.74, 6) is 5.21. The molecule has 0 spiro atoms. The molecule has 1 fully saturated rings. The first-order valence-electron chi connectivity index (χ1n) is 7.56. The summed E-state index contributed by atoms with van der Waals surface area (Å²) in [7, 11) is 0. The quantitative estimate of drug-likeness (QED) is 0.823. The summed E-state index contributed by atoms with van der Waals surface area (Å²) in [5, 5.41) is 0. The van der Waals surface area contributed by atoms with Crippen LogP contribution in [0.3, 0.4) is 0 Å². The molecule has 1 heterocycles. The fourth-order valence-corrected chi connectivity index (χ4v) is 2.99. The Morgan fingerprint density at radius 2 is 2.11 bits per heavy atom. The summed E-state index contributed by atoms with van der Waals surface area (Å²) in [5.41, 5.74) is 7.30. The van der Waals surface area contributed by atoms with E-state index in [1.54, 1.807) is 0 Å². The molecule has 0 aliphatic heterocycles. The van der Waals surface area contributed by atoms with Crippen LogP contribution in [-0.4, -0.2) is 9.55 Å². The molecular weight excluding hydrogens is 234 g/mol. The van der Waals surface area contributed by atoms with Crippen molar-refractivity contribution in [2.45, 2.75) is 70.8 Å². The van der Waals surface area contributed by atoms with Crippen LogP contribution in [0.1, 0.15) is 69.3 Å². The molecule has 0 aromatic carbocycles. The number of hydrogen-bond acceptors (Lipinski definition) is 2. The highest BCUT2D eigenvalue weighted by Gasteiger charge is 2.23. The van der Waals surface area contributed by atoms with Crippen molar-refractivity contribution in [3.63, 3.8) is 0 Å². The smallest absolute Gasteiger partial charge is 0.127 e. The number of imidazole rings is 1. The number of aryl methyl sites for hydroxylation is 1. The molecule has 0 radical (unpaired) electrons. The summed E-state index contributed by atoms with van der Waals surface area (Å²) in [4.78, 5) is 4.83. The minimum absolute atomic E-state index is 0.552. The third kappa shape index (κ3) is 3.12. The number of nitrogens with two attached hydrogens (primary N) is 1. The minimum atomic E-state index is 0.552. The molecule has 1 aromatic heterocycles. The highest BCUT2D eigenvalue weighted by atomic mass is 15.1. The van der Waals surface area contributed by atoms with E-state index in [0.717, 1.165) is 30.2 Å². The third-order valence-electron chi connectivity index (χ3n) is 4.10. The number of anilines is 1. The van der Waals surface area contributed by atoms with Gasteiger partial charge in [0.1, 0.15) is 11.6 Å². The van der Waals surface area contributed by atoms with Crippen LogP contribution in [0.4, 0.5) is 5.82 Å². The van der Waals surface area contributed by atoms with E-state index in [0.29, 0.717) is 12.5 Å². The van der Waals surface area contributed by atoms with Gasteiger partial charge in [0.05, 0.1) is 12.2 Å². The van der Waals surface area contributed by atoms with Gasteiger partial charge >= 0.3 is 0 Å². The second-order valence-electron chi connectivity index (χ2n) is 5.53. The summed E-state index contributed by atoms with van der Waals surface area (Å²) in [6, 6.07) is 0. The van der Waals surface area contributed by atoms with Gasteiger partial charge in [-0.3, -0.25) is 0 Å². The van der Waals surface area contributed by atoms with Crippen molar-refractivity contribution in [3.05, 3.63) is 11.5 Å². The Kier molecular flexibility index (Phi) is 4.90. The minimum Gasteiger partial charge on any atom is -0.384 e. The van der Waals surface area contributed by atoms with Crippen molar-refractivity contribution in [2.24, 2.45) is 0 Å². The highest BCUT2D eigenvalue weighted by molar-refractivity contribution is 5.40. The predicted molar refractivity (Wildman–Crippen MR) is 79.9 cm³/mol. The molecule has 1 aliphatic carbocycles. The van der Waals surface area contributed by atoms with E-state index < -0.39 is 0 Å². The van der Waals surface area contributed by atoms with Crippen LogP contribution in [0.2, 0.25) is 0 Å². The summed E-state index contributed by atoms with van der Waals surface area (Å²) < 4.78 is 2.07. The van der Waals surface area contributed by atoms with Crippen molar-refractivity contribution in [2.75, 3.05) is 5.73 Å². The highest BCUT2D eigenvalue weighted by Crippen LogP contribution is 2.34. The molecular formula is C16H25N3. The van der Waals surface area contributed by atoms with E-state index in [1.165, 1.54) is 38.5 Å². The third-order valence-corrected chi connectivity index (χ3v) is 4.10. The van der Waals surface area contributed by atoms with Crippen molar-refractivity contribution in [3.8, 4) is 12.3 Å². The molecule has 0 atom stereocenters. The average molecular weight is 259 g/mol. The van der Waals surface area contributed by atoms with Gasteiger partial charge < -0.3 is 10.3 Å². The monoisotopic (exact) mass is 259 g/mol. The summed E-state index contributed by atoms with van der Waals surface area (Å²) in [6.07, 6.45) is 15.2. The molecule has 2 rings (SSSR count). The van der Waals surface area contributed by atoms with E-state index in [1.807, 2.05) is 0 Å². The molecule has 0 amide bonds. The first kappa shape index (κ1) is 14.0. The van der Waals surface area contributed by atoms with Gasteiger partial charge in [-0.05, 0) is 25.7 Å². The fourth-order valence-electron chi connectivity index (χ4n) is 2.99. The maximum Gasteiger partial charge on any atom is 0.127 e. The van der Waals surface area contributed by atoms with Gasteiger partial charge in [-0.2, -0.15) is 0 Å². The second kappa shape index (κ2) is 6.65. The number of terminal acetylenes is 1. The molecule has 0 bridgehead atoms. The molecule has 2 N–H and O–H groups in total. The number of aromatic nitrogens is 2. The zero-order valence-electron chi connectivity index (χ0n) is 12.0. The number of unbranched alkanes of at least 4 members (excludes halogenated alkanes) is 1. The number of rotatable bonds is 5. The van der Waals surface area contributed by atoms with Gasteiger partial charge in [0.2, 0.25) is 0 Å². The van der Waals surface area contributed by atoms with Crippen molar-refractivity contribution in [1.82, 2.24) is 9.55 Å². The van der Waals surface area contributed by atoms with Crippen molar-refractivity contribution >= 4 is 5.82 Å². The molecule has 1 aromatic rings. The lowest BCUT2D eigenvalue weighted by Gasteiger charge is -2.21. The van der Waals surface area contributed by atoms with E-state index in [2.05, 4.69) is 17.4 Å². The Labute approximate surface area is 116 Å². The molecule has 19 heavy (non-hydrogen) atoms. The maximum atomic E-state index is 6.24. The molecule has 3 heteroatoms. The first-order valence-corrected chi connectivity index (χ1v) is 7.56. The molecule has 3 nitrogen and oxygen atoms in total.